The van der Waals surface area contributed by atoms with Crippen LogP contribution in [0.2, 0.25) is 0 Å². The second-order valence-corrected chi connectivity index (χ2v) is 7.73. The van der Waals surface area contributed by atoms with E-state index in [2.05, 4.69) is 58.3 Å². The van der Waals surface area contributed by atoms with E-state index in [9.17, 15) is 4.79 Å². The molecule has 2 aromatic rings. The third-order valence-electron chi connectivity index (χ3n) is 6.02. The summed E-state index contributed by atoms with van der Waals surface area (Å²) in [5.74, 6) is 0.901. The summed E-state index contributed by atoms with van der Waals surface area (Å²) in [6, 6.07) is 10.7. The summed E-state index contributed by atoms with van der Waals surface area (Å²) >= 11 is 3.64. The van der Waals surface area contributed by atoms with Crippen molar-refractivity contribution in [2.24, 2.45) is 18.9 Å². The van der Waals surface area contributed by atoms with Crippen molar-refractivity contribution in [3.8, 4) is 0 Å². The van der Waals surface area contributed by atoms with E-state index in [1.165, 1.54) is 16.8 Å². The fourth-order valence-corrected chi connectivity index (χ4v) is 5.64. The molecule has 0 bridgehead atoms. The van der Waals surface area contributed by atoms with E-state index in [-0.39, 0.29) is 11.3 Å². The second kappa shape index (κ2) is 5.30. The Hall–Kier alpha value is -1.42. The molecule has 3 atom stereocenters. The Balaban J connectivity index is 2.01. The summed E-state index contributed by atoms with van der Waals surface area (Å²) in [4.78, 5) is 12.4. The van der Waals surface area contributed by atoms with Crippen LogP contribution in [0.1, 0.15) is 43.0 Å². The molecule has 0 aliphatic heterocycles. The Labute approximate surface area is 145 Å². The first-order valence-corrected chi connectivity index (χ1v) is 9.15. The largest absolute Gasteiger partial charge is 0.299 e. The number of aryl methyl sites for hydroxylation is 1. The third kappa shape index (κ3) is 2.00. The zero-order chi connectivity index (χ0) is 16.2. The van der Waals surface area contributed by atoms with Gasteiger partial charge in [0.25, 0.3) is 0 Å². The Morgan fingerprint density at radius 1 is 1.26 bits per heavy atom. The van der Waals surface area contributed by atoms with Gasteiger partial charge in [-0.15, -0.1) is 0 Å². The first-order chi connectivity index (χ1) is 11.1. The topological polar surface area (TPSA) is 34.9 Å². The Kier molecular flexibility index (Phi) is 3.49. The van der Waals surface area contributed by atoms with Crippen molar-refractivity contribution in [3.05, 3.63) is 51.8 Å². The highest BCUT2D eigenvalue weighted by Crippen LogP contribution is 2.55. The van der Waals surface area contributed by atoms with E-state index < -0.39 is 0 Å². The average molecular weight is 373 g/mol. The molecule has 0 saturated heterocycles. The number of hydrogen-bond donors (Lipinski definition) is 0. The molecule has 1 fully saturated rings. The zero-order valence-electron chi connectivity index (χ0n) is 13.6. The molecule has 4 rings (SSSR count). The van der Waals surface area contributed by atoms with Crippen molar-refractivity contribution in [2.45, 2.75) is 38.0 Å². The number of Topliss-reactive ketones (excluding diaryl/α,β-unsaturated/α-hetero) is 1. The first-order valence-electron chi connectivity index (χ1n) is 8.36. The van der Waals surface area contributed by atoms with E-state index in [0.29, 0.717) is 18.1 Å². The SMILES string of the molecule is CC1C(=O)CCC2(c3ccccc3)c3c(c(Br)nn3C)CCC12. The maximum Gasteiger partial charge on any atom is 0.136 e. The monoisotopic (exact) mass is 372 g/mol. The number of hydrogen-bond acceptors (Lipinski definition) is 2. The van der Waals surface area contributed by atoms with Crippen molar-refractivity contribution in [2.75, 3.05) is 0 Å². The van der Waals surface area contributed by atoms with Crippen molar-refractivity contribution < 1.29 is 4.79 Å². The Bertz CT molecular complexity index is 767. The smallest absolute Gasteiger partial charge is 0.136 e. The number of fused-ring (bicyclic) bond motifs is 3. The molecule has 2 aliphatic carbocycles. The van der Waals surface area contributed by atoms with E-state index in [1.54, 1.807) is 0 Å². The van der Waals surface area contributed by atoms with Gasteiger partial charge in [0.05, 0.1) is 5.69 Å². The number of carbonyl (C=O) groups is 1. The third-order valence-corrected chi connectivity index (χ3v) is 6.66. The fourth-order valence-electron chi connectivity index (χ4n) is 5.02. The van der Waals surface area contributed by atoms with Gasteiger partial charge in [-0.1, -0.05) is 37.3 Å². The number of benzene rings is 1. The minimum atomic E-state index is -0.0874. The summed E-state index contributed by atoms with van der Waals surface area (Å²) in [6.45, 7) is 2.13. The molecule has 23 heavy (non-hydrogen) atoms. The molecule has 0 N–H and O–H groups in total. The highest BCUT2D eigenvalue weighted by atomic mass is 79.9. The van der Waals surface area contributed by atoms with Crippen molar-refractivity contribution in [3.63, 3.8) is 0 Å². The van der Waals surface area contributed by atoms with Crippen LogP contribution in [0.4, 0.5) is 0 Å². The zero-order valence-corrected chi connectivity index (χ0v) is 15.1. The van der Waals surface area contributed by atoms with Gasteiger partial charge in [-0.2, -0.15) is 5.10 Å². The molecule has 1 saturated carbocycles. The fraction of sp³-hybridized carbons (Fsp3) is 0.474. The molecule has 0 spiro atoms. The van der Waals surface area contributed by atoms with Gasteiger partial charge in [0, 0.05) is 30.4 Å². The molecule has 0 amide bonds. The van der Waals surface area contributed by atoms with Crippen molar-refractivity contribution >= 4 is 21.7 Å². The quantitative estimate of drug-likeness (QED) is 0.757. The molecule has 1 aromatic carbocycles. The van der Waals surface area contributed by atoms with Crippen LogP contribution in [0.5, 0.6) is 0 Å². The van der Waals surface area contributed by atoms with Crippen molar-refractivity contribution in [1.29, 1.82) is 0 Å². The molecule has 0 radical (unpaired) electrons. The van der Waals surface area contributed by atoms with E-state index in [4.69, 9.17) is 0 Å². The number of ketones is 1. The lowest BCUT2D eigenvalue weighted by atomic mass is 9.53. The van der Waals surface area contributed by atoms with Crippen LogP contribution in [0, 0.1) is 11.8 Å². The molecular formula is C19H21BrN2O. The minimum Gasteiger partial charge on any atom is -0.299 e. The van der Waals surface area contributed by atoms with E-state index >= 15 is 0 Å². The number of halogens is 1. The summed E-state index contributed by atoms with van der Waals surface area (Å²) in [7, 11) is 2.04. The maximum absolute atomic E-state index is 12.4. The lowest BCUT2D eigenvalue weighted by Crippen LogP contribution is -2.50. The van der Waals surface area contributed by atoms with Gasteiger partial charge in [0.15, 0.2) is 0 Å². The van der Waals surface area contributed by atoms with E-state index in [0.717, 1.165) is 23.9 Å². The molecule has 120 valence electrons. The molecule has 1 heterocycles. The van der Waals surface area contributed by atoms with Crippen LogP contribution < -0.4 is 0 Å². The normalized spacial score (nSPS) is 30.0. The van der Waals surface area contributed by atoms with Crippen LogP contribution >= 0.6 is 15.9 Å². The van der Waals surface area contributed by atoms with E-state index in [1.807, 2.05) is 11.7 Å². The predicted octanol–water partition coefficient (Wildman–Crippen LogP) is 4.03. The van der Waals surface area contributed by atoms with Gasteiger partial charge in [-0.3, -0.25) is 9.48 Å². The number of nitrogens with zero attached hydrogens (tertiary/aromatic N) is 2. The van der Waals surface area contributed by atoms with Crippen LogP contribution in [0.15, 0.2) is 34.9 Å². The van der Waals surface area contributed by atoms with Crippen LogP contribution in [0.3, 0.4) is 0 Å². The van der Waals surface area contributed by atoms with Crippen molar-refractivity contribution in [1.82, 2.24) is 9.78 Å². The number of carbonyl (C=O) groups excluding carboxylic acids is 1. The lowest BCUT2D eigenvalue weighted by Gasteiger charge is -2.50. The molecule has 3 nitrogen and oxygen atoms in total. The van der Waals surface area contributed by atoms with Crippen LogP contribution in [-0.2, 0) is 23.7 Å². The van der Waals surface area contributed by atoms with Gasteiger partial charge in [0.1, 0.15) is 10.4 Å². The molecule has 1 aromatic heterocycles. The maximum atomic E-state index is 12.4. The lowest BCUT2D eigenvalue weighted by molar-refractivity contribution is -0.128. The predicted molar refractivity (Wildman–Crippen MR) is 93.3 cm³/mol. The molecule has 4 heteroatoms. The number of rotatable bonds is 1. The summed E-state index contributed by atoms with van der Waals surface area (Å²) in [5, 5.41) is 4.65. The molecule has 2 aliphatic rings. The number of aromatic nitrogens is 2. The van der Waals surface area contributed by atoms with Gasteiger partial charge < -0.3 is 0 Å². The van der Waals surface area contributed by atoms with Crippen LogP contribution in [-0.4, -0.2) is 15.6 Å². The van der Waals surface area contributed by atoms with Gasteiger partial charge in [-0.25, -0.2) is 0 Å². The highest BCUT2D eigenvalue weighted by Gasteiger charge is 2.53. The van der Waals surface area contributed by atoms with Gasteiger partial charge in [-0.05, 0) is 46.7 Å². The Morgan fingerprint density at radius 3 is 2.74 bits per heavy atom. The van der Waals surface area contributed by atoms with Crippen LogP contribution in [0.25, 0.3) is 0 Å². The Morgan fingerprint density at radius 2 is 2.00 bits per heavy atom. The highest BCUT2D eigenvalue weighted by molar-refractivity contribution is 9.10. The summed E-state index contributed by atoms with van der Waals surface area (Å²) < 4.78 is 3.01. The summed E-state index contributed by atoms with van der Waals surface area (Å²) in [5.41, 5.74) is 3.89. The van der Waals surface area contributed by atoms with Gasteiger partial charge >= 0.3 is 0 Å². The molecule has 3 unspecified atom stereocenters. The summed E-state index contributed by atoms with van der Waals surface area (Å²) in [6.07, 6.45) is 3.61. The average Bonchev–Trinajstić information content (AvgIpc) is 2.87. The first kappa shape index (κ1) is 15.1. The minimum absolute atomic E-state index is 0.0874. The van der Waals surface area contributed by atoms with Gasteiger partial charge in [0.2, 0.25) is 0 Å². The standard InChI is InChI=1S/C19H21BrN2O/c1-12-15-9-8-14-17(22(2)21-18(14)20)19(15,11-10-16(12)23)13-6-4-3-5-7-13/h3-7,12,15H,8-11H2,1-2H3. The molecular weight excluding hydrogens is 352 g/mol. The second-order valence-electron chi connectivity index (χ2n) is 6.98.